The maximum absolute atomic E-state index is 11.8. The Hall–Kier alpha value is -2.39. The van der Waals surface area contributed by atoms with Crippen molar-refractivity contribution in [1.29, 1.82) is 0 Å². The number of aryl methyl sites for hydroxylation is 1. The molecular weight excluding hydrogens is 332 g/mol. The van der Waals surface area contributed by atoms with Gasteiger partial charge in [-0.15, -0.1) is 20.4 Å². The fraction of sp³-hybridized carbons (Fsp3) is 0.214. The molecule has 2 amide bonds. The van der Waals surface area contributed by atoms with Gasteiger partial charge in [0.15, 0.2) is 0 Å². The van der Waals surface area contributed by atoms with Crippen LogP contribution >= 0.6 is 22.7 Å². The molecule has 3 rings (SSSR count). The summed E-state index contributed by atoms with van der Waals surface area (Å²) in [6.07, 6.45) is 0.800. The number of urea groups is 1. The summed E-state index contributed by atoms with van der Waals surface area (Å²) in [6.45, 7) is 2.31. The first-order chi connectivity index (χ1) is 11.2. The normalized spacial score (nSPS) is 10.5. The van der Waals surface area contributed by atoms with Gasteiger partial charge in [-0.1, -0.05) is 59.9 Å². The van der Waals surface area contributed by atoms with E-state index in [1.807, 2.05) is 37.3 Å². The third-order valence-electron chi connectivity index (χ3n) is 2.88. The zero-order chi connectivity index (χ0) is 16.1. The summed E-state index contributed by atoms with van der Waals surface area (Å²) < 4.78 is 0. The molecule has 0 saturated heterocycles. The lowest BCUT2D eigenvalue weighted by atomic mass is 10.2. The lowest BCUT2D eigenvalue weighted by Gasteiger charge is -2.01. The maximum Gasteiger partial charge on any atom is 0.321 e. The van der Waals surface area contributed by atoms with Crippen molar-refractivity contribution in [1.82, 2.24) is 25.7 Å². The highest BCUT2D eigenvalue weighted by Crippen LogP contribution is 2.22. The molecule has 0 spiro atoms. The minimum absolute atomic E-state index is 0.315. The summed E-state index contributed by atoms with van der Waals surface area (Å²) in [5, 5.41) is 24.4. The van der Waals surface area contributed by atoms with Crippen molar-refractivity contribution in [2.45, 2.75) is 19.9 Å². The Morgan fingerprint density at radius 1 is 1.04 bits per heavy atom. The Labute approximate surface area is 140 Å². The second-order valence-corrected chi connectivity index (χ2v) is 6.65. The van der Waals surface area contributed by atoms with Gasteiger partial charge in [-0.25, -0.2) is 4.79 Å². The summed E-state index contributed by atoms with van der Waals surface area (Å²) in [7, 11) is 0. The van der Waals surface area contributed by atoms with Gasteiger partial charge >= 0.3 is 6.03 Å². The lowest BCUT2D eigenvalue weighted by molar-refractivity contribution is 0.251. The molecule has 0 bridgehead atoms. The predicted octanol–water partition coefficient (Wildman–Crippen LogP) is 2.94. The topological polar surface area (TPSA) is 92.7 Å². The number of hydrogen-bond acceptors (Lipinski definition) is 7. The molecule has 0 atom stereocenters. The average molecular weight is 346 g/mol. The van der Waals surface area contributed by atoms with E-state index in [1.165, 1.54) is 22.7 Å². The molecule has 2 heterocycles. The van der Waals surface area contributed by atoms with Crippen LogP contribution in [0.5, 0.6) is 0 Å². The van der Waals surface area contributed by atoms with E-state index in [9.17, 15) is 4.79 Å². The van der Waals surface area contributed by atoms with Crippen molar-refractivity contribution in [2.75, 3.05) is 5.32 Å². The monoisotopic (exact) mass is 346 g/mol. The van der Waals surface area contributed by atoms with Crippen LogP contribution in [0.4, 0.5) is 9.93 Å². The molecule has 0 unspecified atom stereocenters. The van der Waals surface area contributed by atoms with Gasteiger partial charge in [0.25, 0.3) is 0 Å². The van der Waals surface area contributed by atoms with Gasteiger partial charge in [0.2, 0.25) is 5.13 Å². The largest absolute Gasteiger partial charge is 0.331 e. The van der Waals surface area contributed by atoms with Crippen LogP contribution in [-0.2, 0) is 13.0 Å². The van der Waals surface area contributed by atoms with Gasteiger partial charge in [0.1, 0.15) is 15.0 Å². The van der Waals surface area contributed by atoms with Gasteiger partial charge in [-0.3, -0.25) is 5.32 Å². The number of anilines is 1. The van der Waals surface area contributed by atoms with Gasteiger partial charge in [-0.05, 0) is 6.42 Å². The number of benzene rings is 1. The van der Waals surface area contributed by atoms with Crippen molar-refractivity contribution < 1.29 is 4.79 Å². The van der Waals surface area contributed by atoms with Crippen LogP contribution < -0.4 is 10.6 Å². The second-order valence-electron chi connectivity index (χ2n) is 4.53. The first-order valence-electron chi connectivity index (χ1n) is 6.99. The molecule has 0 fully saturated rings. The van der Waals surface area contributed by atoms with Gasteiger partial charge in [0.05, 0.1) is 6.54 Å². The molecule has 9 heteroatoms. The number of nitrogens with one attached hydrogen (secondary N) is 2. The smallest absolute Gasteiger partial charge is 0.321 e. The molecule has 0 radical (unpaired) electrons. The minimum atomic E-state index is -0.333. The van der Waals surface area contributed by atoms with Crippen molar-refractivity contribution in [3.05, 3.63) is 40.3 Å². The van der Waals surface area contributed by atoms with E-state index in [0.29, 0.717) is 11.7 Å². The van der Waals surface area contributed by atoms with Crippen LogP contribution in [0.15, 0.2) is 30.3 Å². The number of rotatable bonds is 5. The van der Waals surface area contributed by atoms with Crippen LogP contribution in [0.2, 0.25) is 0 Å². The average Bonchev–Trinajstić information content (AvgIpc) is 3.23. The predicted molar refractivity (Wildman–Crippen MR) is 90.5 cm³/mol. The third kappa shape index (κ3) is 4.08. The number of carbonyl (C=O) groups excluding carboxylic acids is 1. The first-order valence-corrected chi connectivity index (χ1v) is 8.63. The van der Waals surface area contributed by atoms with Crippen LogP contribution in [-0.4, -0.2) is 26.4 Å². The quantitative estimate of drug-likeness (QED) is 0.741. The minimum Gasteiger partial charge on any atom is -0.331 e. The Morgan fingerprint density at radius 2 is 1.83 bits per heavy atom. The SMILES string of the molecule is CCc1nnc(NC(=O)NCc2nnc(-c3ccccc3)s2)s1. The van der Waals surface area contributed by atoms with Crippen molar-refractivity contribution in [2.24, 2.45) is 0 Å². The Balaban J connectivity index is 1.54. The Morgan fingerprint density at radius 3 is 2.57 bits per heavy atom. The molecule has 1 aromatic carbocycles. The van der Waals surface area contributed by atoms with Crippen LogP contribution in [0.25, 0.3) is 10.6 Å². The van der Waals surface area contributed by atoms with E-state index in [0.717, 1.165) is 27.0 Å². The third-order valence-corrected chi connectivity index (χ3v) is 4.83. The number of aromatic nitrogens is 4. The first kappa shape index (κ1) is 15.5. The standard InChI is InChI=1S/C14H14N6OS2/c1-2-10-17-20-14(23-10)16-13(21)15-8-11-18-19-12(22-11)9-6-4-3-5-7-9/h3-7H,2,8H2,1H3,(H2,15,16,20,21). The molecule has 2 aromatic heterocycles. The highest BCUT2D eigenvalue weighted by atomic mass is 32.1. The molecule has 118 valence electrons. The van der Waals surface area contributed by atoms with E-state index in [4.69, 9.17) is 0 Å². The molecule has 23 heavy (non-hydrogen) atoms. The maximum atomic E-state index is 11.8. The van der Waals surface area contributed by atoms with Gasteiger partial charge in [-0.2, -0.15) is 0 Å². The van der Waals surface area contributed by atoms with E-state index in [2.05, 4.69) is 31.0 Å². The fourth-order valence-electron chi connectivity index (χ4n) is 1.77. The fourth-order valence-corrected chi connectivity index (χ4v) is 3.23. The summed E-state index contributed by atoms with van der Waals surface area (Å²) in [4.78, 5) is 11.8. The van der Waals surface area contributed by atoms with Crippen LogP contribution in [0, 0.1) is 0 Å². The second kappa shape index (κ2) is 7.25. The van der Waals surface area contributed by atoms with E-state index < -0.39 is 0 Å². The van der Waals surface area contributed by atoms with Crippen molar-refractivity contribution in [3.8, 4) is 10.6 Å². The molecule has 0 saturated carbocycles. The highest BCUT2D eigenvalue weighted by Gasteiger charge is 2.09. The molecule has 2 N–H and O–H groups in total. The zero-order valence-electron chi connectivity index (χ0n) is 12.3. The number of carbonyl (C=O) groups is 1. The van der Waals surface area contributed by atoms with E-state index in [1.54, 1.807) is 0 Å². The molecule has 0 aliphatic carbocycles. The molecule has 7 nitrogen and oxygen atoms in total. The summed E-state index contributed by atoms with van der Waals surface area (Å²) >= 11 is 2.82. The van der Waals surface area contributed by atoms with Crippen molar-refractivity contribution >= 4 is 33.8 Å². The Kier molecular flexibility index (Phi) is 4.89. The molecule has 3 aromatic rings. The lowest BCUT2D eigenvalue weighted by Crippen LogP contribution is -2.28. The number of nitrogens with zero attached hydrogens (tertiary/aromatic N) is 4. The summed E-state index contributed by atoms with van der Waals surface area (Å²) in [5.74, 6) is 0. The zero-order valence-corrected chi connectivity index (χ0v) is 13.9. The number of amides is 2. The summed E-state index contributed by atoms with van der Waals surface area (Å²) in [5.41, 5.74) is 1.02. The van der Waals surface area contributed by atoms with Crippen LogP contribution in [0.3, 0.4) is 0 Å². The molecular formula is C14H14N6OS2. The Bertz CT molecular complexity index is 785. The molecule has 0 aliphatic heterocycles. The van der Waals surface area contributed by atoms with E-state index >= 15 is 0 Å². The van der Waals surface area contributed by atoms with Crippen molar-refractivity contribution in [3.63, 3.8) is 0 Å². The molecule has 0 aliphatic rings. The van der Waals surface area contributed by atoms with E-state index in [-0.39, 0.29) is 6.03 Å². The van der Waals surface area contributed by atoms with Gasteiger partial charge < -0.3 is 5.32 Å². The number of hydrogen-bond donors (Lipinski definition) is 2. The van der Waals surface area contributed by atoms with Gasteiger partial charge in [0, 0.05) is 5.56 Å². The summed E-state index contributed by atoms with van der Waals surface area (Å²) in [6, 6.07) is 9.48. The highest BCUT2D eigenvalue weighted by molar-refractivity contribution is 7.15. The van der Waals surface area contributed by atoms with Crippen LogP contribution in [0.1, 0.15) is 16.9 Å².